The Balaban J connectivity index is 0.000000956. The Bertz CT molecular complexity index is 320. The molecule has 0 unspecified atom stereocenters. The Morgan fingerprint density at radius 2 is 2.00 bits per heavy atom. The number of nitrogens with one attached hydrogen (secondary N) is 1. The van der Waals surface area contributed by atoms with Gasteiger partial charge in [0, 0.05) is 5.92 Å². The van der Waals surface area contributed by atoms with Crippen molar-refractivity contribution in [1.29, 1.82) is 0 Å². The lowest BCUT2D eigenvalue weighted by molar-refractivity contribution is -0.121. The van der Waals surface area contributed by atoms with Gasteiger partial charge in [0.15, 0.2) is 0 Å². The van der Waals surface area contributed by atoms with Crippen LogP contribution in [-0.4, -0.2) is 32.2 Å². The minimum atomic E-state index is -2.69. The molecule has 1 saturated heterocycles. The maximum absolute atomic E-state index is 13.9. The molecule has 2 aliphatic rings. The van der Waals surface area contributed by atoms with Crippen molar-refractivity contribution >= 4 is 0 Å². The van der Waals surface area contributed by atoms with Crippen LogP contribution in [0.15, 0.2) is 23.8 Å². The van der Waals surface area contributed by atoms with Crippen LogP contribution >= 0.6 is 0 Å². The summed E-state index contributed by atoms with van der Waals surface area (Å²) in [6.45, 7) is 5.27. The second kappa shape index (κ2) is 9.24. The molecule has 0 aromatic rings. The zero-order chi connectivity index (χ0) is 14.8. The third-order valence-electron chi connectivity index (χ3n) is 3.62. The van der Waals surface area contributed by atoms with E-state index in [0.29, 0.717) is 32.5 Å². The molecule has 0 aromatic carbocycles. The van der Waals surface area contributed by atoms with Crippen LogP contribution in [0.5, 0.6) is 0 Å². The van der Waals surface area contributed by atoms with Crippen molar-refractivity contribution in [1.82, 2.24) is 5.32 Å². The highest BCUT2D eigenvalue weighted by atomic mass is 19.3. The smallest absolute Gasteiger partial charge is 0.273 e. The Hall–Kier alpha value is -0.740. The molecule has 0 amide bonds. The first-order valence-electron chi connectivity index (χ1n) is 7.69. The average molecular weight is 287 g/mol. The normalized spacial score (nSPS) is 20.1. The maximum atomic E-state index is 13.9. The summed E-state index contributed by atoms with van der Waals surface area (Å²) in [7, 11) is 0. The predicted molar refractivity (Wildman–Crippen MR) is 79.2 cm³/mol. The zero-order valence-corrected chi connectivity index (χ0v) is 12.6. The lowest BCUT2D eigenvalue weighted by atomic mass is 9.92. The Morgan fingerprint density at radius 3 is 2.60 bits per heavy atom. The summed E-state index contributed by atoms with van der Waals surface area (Å²) in [6, 6.07) is 0. The molecule has 20 heavy (non-hydrogen) atoms. The molecule has 1 aliphatic carbocycles. The van der Waals surface area contributed by atoms with E-state index >= 15 is 0 Å². The lowest BCUT2D eigenvalue weighted by Gasteiger charge is -2.30. The SMILES string of the molecule is CC.FC(F)(COCC1=CC=CCC1)C1CCNCC1. The van der Waals surface area contributed by atoms with Crippen LogP contribution in [0.2, 0.25) is 0 Å². The monoisotopic (exact) mass is 287 g/mol. The highest BCUT2D eigenvalue weighted by molar-refractivity contribution is 5.17. The van der Waals surface area contributed by atoms with E-state index < -0.39 is 18.4 Å². The molecule has 116 valence electrons. The largest absolute Gasteiger partial charge is 0.371 e. The molecule has 1 aliphatic heterocycles. The van der Waals surface area contributed by atoms with E-state index in [9.17, 15) is 8.78 Å². The lowest BCUT2D eigenvalue weighted by Crippen LogP contribution is -2.41. The first-order valence-corrected chi connectivity index (χ1v) is 7.69. The van der Waals surface area contributed by atoms with Crippen LogP contribution in [-0.2, 0) is 4.74 Å². The fraction of sp³-hybridized carbons (Fsp3) is 0.750. The van der Waals surface area contributed by atoms with Crippen molar-refractivity contribution < 1.29 is 13.5 Å². The van der Waals surface area contributed by atoms with Gasteiger partial charge >= 0.3 is 0 Å². The molecule has 0 atom stereocenters. The standard InChI is InChI=1S/C14H21F2NO.C2H6/c15-14(16,13-6-8-17-9-7-13)11-18-10-12-4-2-1-3-5-12;1-2/h1-2,4,13,17H,3,5-11H2;1-2H3. The van der Waals surface area contributed by atoms with Gasteiger partial charge < -0.3 is 10.1 Å². The predicted octanol–water partition coefficient (Wildman–Crippen LogP) is 3.94. The molecule has 2 nitrogen and oxygen atoms in total. The number of rotatable bonds is 5. The van der Waals surface area contributed by atoms with E-state index in [0.717, 1.165) is 18.4 Å². The Kier molecular flexibility index (Phi) is 8.00. The summed E-state index contributed by atoms with van der Waals surface area (Å²) in [5.41, 5.74) is 1.11. The number of halogens is 2. The van der Waals surface area contributed by atoms with Gasteiger partial charge in [-0.3, -0.25) is 0 Å². The Labute approximate surface area is 121 Å². The van der Waals surface area contributed by atoms with Crippen molar-refractivity contribution in [3.05, 3.63) is 23.8 Å². The van der Waals surface area contributed by atoms with E-state index in [-0.39, 0.29) is 0 Å². The minimum absolute atomic E-state index is 0.338. The third kappa shape index (κ3) is 5.71. The van der Waals surface area contributed by atoms with Gasteiger partial charge in [-0.05, 0) is 44.3 Å². The van der Waals surface area contributed by atoms with Gasteiger partial charge in [0.1, 0.15) is 6.61 Å². The quantitative estimate of drug-likeness (QED) is 0.827. The van der Waals surface area contributed by atoms with Gasteiger partial charge in [-0.1, -0.05) is 32.1 Å². The van der Waals surface area contributed by atoms with E-state index in [4.69, 9.17) is 4.74 Å². The molecule has 0 aromatic heterocycles. The van der Waals surface area contributed by atoms with Crippen molar-refractivity contribution in [3.8, 4) is 0 Å². The summed E-state index contributed by atoms with van der Waals surface area (Å²) in [5, 5.41) is 3.10. The molecule has 0 saturated carbocycles. The second-order valence-corrected chi connectivity index (χ2v) is 5.07. The summed E-state index contributed by atoms with van der Waals surface area (Å²) >= 11 is 0. The number of alkyl halides is 2. The molecule has 1 fully saturated rings. The molecule has 0 bridgehead atoms. The first-order chi connectivity index (χ1) is 9.68. The Morgan fingerprint density at radius 1 is 1.30 bits per heavy atom. The van der Waals surface area contributed by atoms with Crippen molar-refractivity contribution in [2.45, 2.75) is 45.5 Å². The van der Waals surface area contributed by atoms with Crippen LogP contribution in [0.25, 0.3) is 0 Å². The summed E-state index contributed by atoms with van der Waals surface area (Å²) < 4.78 is 33.0. The molecule has 1 heterocycles. The number of hydrogen-bond acceptors (Lipinski definition) is 2. The van der Waals surface area contributed by atoms with Crippen LogP contribution in [0.1, 0.15) is 39.5 Å². The van der Waals surface area contributed by atoms with Crippen LogP contribution in [0.4, 0.5) is 8.78 Å². The molecular formula is C16H27F2NO. The minimum Gasteiger partial charge on any atom is -0.371 e. The summed E-state index contributed by atoms with van der Waals surface area (Å²) in [4.78, 5) is 0. The molecular weight excluding hydrogens is 260 g/mol. The summed E-state index contributed by atoms with van der Waals surface area (Å²) in [6.07, 6.45) is 9.01. The fourth-order valence-corrected chi connectivity index (χ4v) is 2.45. The van der Waals surface area contributed by atoms with Gasteiger partial charge in [-0.25, -0.2) is 8.78 Å². The first kappa shape index (κ1) is 17.3. The number of hydrogen-bond donors (Lipinski definition) is 1. The van der Waals surface area contributed by atoms with E-state index in [2.05, 4.69) is 11.4 Å². The van der Waals surface area contributed by atoms with Gasteiger partial charge in [0.25, 0.3) is 5.92 Å². The molecule has 2 rings (SSSR count). The third-order valence-corrected chi connectivity index (χ3v) is 3.62. The van der Waals surface area contributed by atoms with E-state index in [1.165, 1.54) is 0 Å². The topological polar surface area (TPSA) is 21.3 Å². The number of ether oxygens (including phenoxy) is 1. The van der Waals surface area contributed by atoms with Crippen LogP contribution in [0, 0.1) is 5.92 Å². The number of allylic oxidation sites excluding steroid dienone is 3. The van der Waals surface area contributed by atoms with Gasteiger partial charge in [0.2, 0.25) is 0 Å². The van der Waals surface area contributed by atoms with Gasteiger partial charge in [-0.2, -0.15) is 0 Å². The second-order valence-electron chi connectivity index (χ2n) is 5.07. The fourth-order valence-electron chi connectivity index (χ4n) is 2.45. The van der Waals surface area contributed by atoms with Crippen LogP contribution in [0.3, 0.4) is 0 Å². The molecule has 0 spiro atoms. The molecule has 0 radical (unpaired) electrons. The van der Waals surface area contributed by atoms with Crippen molar-refractivity contribution in [3.63, 3.8) is 0 Å². The van der Waals surface area contributed by atoms with Crippen LogP contribution < -0.4 is 5.32 Å². The van der Waals surface area contributed by atoms with Crippen molar-refractivity contribution in [2.75, 3.05) is 26.3 Å². The van der Waals surface area contributed by atoms with Gasteiger partial charge in [0.05, 0.1) is 6.61 Å². The maximum Gasteiger partial charge on any atom is 0.273 e. The van der Waals surface area contributed by atoms with E-state index in [1.54, 1.807) is 0 Å². The number of piperidine rings is 1. The summed E-state index contributed by atoms with van der Waals surface area (Å²) in [5.74, 6) is -3.22. The van der Waals surface area contributed by atoms with E-state index in [1.807, 2.05) is 26.0 Å². The highest BCUT2D eigenvalue weighted by Crippen LogP contribution is 2.31. The highest BCUT2D eigenvalue weighted by Gasteiger charge is 2.40. The molecule has 1 N–H and O–H groups in total. The molecule has 4 heteroatoms. The van der Waals surface area contributed by atoms with Crippen molar-refractivity contribution in [2.24, 2.45) is 5.92 Å². The van der Waals surface area contributed by atoms with Gasteiger partial charge in [-0.15, -0.1) is 0 Å². The zero-order valence-electron chi connectivity index (χ0n) is 12.6. The average Bonchev–Trinajstić information content (AvgIpc) is 2.51.